The van der Waals surface area contributed by atoms with Crippen molar-refractivity contribution in [1.29, 1.82) is 0 Å². The summed E-state index contributed by atoms with van der Waals surface area (Å²) in [6.07, 6.45) is 1.66. The van der Waals surface area contributed by atoms with Crippen LogP contribution < -0.4 is 5.32 Å². The van der Waals surface area contributed by atoms with Gasteiger partial charge in [-0.25, -0.2) is 4.79 Å². The molecule has 4 aliphatic rings. The Labute approximate surface area is 143 Å². The number of rotatable bonds is 4. The highest BCUT2D eigenvalue weighted by atomic mass is 19.4. The second kappa shape index (κ2) is 5.64. The molecule has 4 bridgehead atoms. The lowest BCUT2D eigenvalue weighted by molar-refractivity contribution is -0.141. The van der Waals surface area contributed by atoms with Crippen molar-refractivity contribution in [1.82, 2.24) is 4.98 Å². The molecule has 0 aliphatic heterocycles. The smallest absolute Gasteiger partial charge is 0.437 e. The van der Waals surface area contributed by atoms with E-state index in [0.29, 0.717) is 17.8 Å². The number of esters is 1. The minimum absolute atomic E-state index is 0.0332. The van der Waals surface area contributed by atoms with Gasteiger partial charge < -0.3 is 14.5 Å². The number of hydrogen-bond acceptors (Lipinski definition) is 5. The van der Waals surface area contributed by atoms with E-state index in [-0.39, 0.29) is 18.2 Å². The van der Waals surface area contributed by atoms with E-state index in [0.717, 1.165) is 19.3 Å². The molecule has 0 radical (unpaired) electrons. The van der Waals surface area contributed by atoms with Gasteiger partial charge in [-0.3, -0.25) is 0 Å². The van der Waals surface area contributed by atoms with Gasteiger partial charge in [0.15, 0.2) is 5.69 Å². The largest absolute Gasteiger partial charge is 0.460 e. The van der Waals surface area contributed by atoms with Gasteiger partial charge in [-0.2, -0.15) is 18.2 Å². The van der Waals surface area contributed by atoms with Crippen molar-refractivity contribution in [3.63, 3.8) is 0 Å². The van der Waals surface area contributed by atoms with Gasteiger partial charge in [-0.15, -0.1) is 0 Å². The predicted molar refractivity (Wildman–Crippen MR) is 82.0 cm³/mol. The monoisotopic (exact) mass is 358 g/mol. The number of hydrogen-bond donors (Lipinski definition) is 1. The number of halogens is 3. The highest BCUT2D eigenvalue weighted by Crippen LogP contribution is 2.56. The van der Waals surface area contributed by atoms with Gasteiger partial charge in [0.05, 0.1) is 6.61 Å². The molecule has 0 unspecified atom stereocenters. The minimum Gasteiger partial charge on any atom is -0.460 e. The second-order valence-electron chi connectivity index (χ2n) is 7.74. The molecule has 5 nitrogen and oxygen atoms in total. The highest BCUT2D eigenvalue weighted by Gasteiger charge is 2.52. The van der Waals surface area contributed by atoms with Crippen molar-refractivity contribution in [3.8, 4) is 0 Å². The van der Waals surface area contributed by atoms with Crippen molar-refractivity contribution in [2.24, 2.45) is 17.8 Å². The average molecular weight is 358 g/mol. The molecule has 0 saturated heterocycles. The predicted octanol–water partition coefficient (Wildman–Crippen LogP) is 4.25. The van der Waals surface area contributed by atoms with Gasteiger partial charge in [-0.05, 0) is 63.2 Å². The number of nitrogens with zero attached hydrogens (tertiary/aromatic N) is 1. The molecule has 5 rings (SSSR count). The Morgan fingerprint density at radius 2 is 1.80 bits per heavy atom. The van der Waals surface area contributed by atoms with E-state index in [2.05, 4.69) is 15.0 Å². The molecule has 8 heteroatoms. The zero-order valence-electron chi connectivity index (χ0n) is 14.0. The fourth-order valence-electron chi connectivity index (χ4n) is 5.39. The number of nitrogens with one attached hydrogen (secondary N) is 1. The Morgan fingerprint density at radius 3 is 2.28 bits per heavy atom. The van der Waals surface area contributed by atoms with Crippen LogP contribution in [0.25, 0.3) is 0 Å². The summed E-state index contributed by atoms with van der Waals surface area (Å²) in [5, 5.41) is 3.13. The maximum Gasteiger partial charge on any atom is 0.437 e. The highest BCUT2D eigenvalue weighted by molar-refractivity contribution is 5.88. The van der Waals surface area contributed by atoms with E-state index < -0.39 is 23.6 Å². The average Bonchev–Trinajstić information content (AvgIpc) is 2.89. The van der Waals surface area contributed by atoms with Crippen molar-refractivity contribution >= 4 is 12.0 Å². The summed E-state index contributed by atoms with van der Waals surface area (Å²) in [5.41, 5.74) is -1.58. The molecule has 1 heterocycles. The molecule has 1 aromatic rings. The first kappa shape index (κ1) is 16.7. The summed E-state index contributed by atoms with van der Waals surface area (Å²) >= 11 is 0. The van der Waals surface area contributed by atoms with E-state index in [1.807, 2.05) is 0 Å². The van der Waals surface area contributed by atoms with Gasteiger partial charge in [0.2, 0.25) is 5.76 Å². The lowest BCUT2D eigenvalue weighted by atomic mass is 9.53. The summed E-state index contributed by atoms with van der Waals surface area (Å²) in [6, 6.07) is -0.225. The number of ether oxygens (including phenoxy) is 1. The molecule has 4 fully saturated rings. The summed E-state index contributed by atoms with van der Waals surface area (Å²) in [6.45, 7) is 1.49. The SMILES string of the molecule is CCOC(=O)c1oc(NC23CC4CC(CC(C4)C2)C3)nc1C(F)(F)F. The van der Waals surface area contributed by atoms with Crippen LogP contribution in [0.5, 0.6) is 0 Å². The number of alkyl halides is 3. The molecule has 0 spiro atoms. The number of carbonyl (C=O) groups excluding carboxylic acids is 1. The third-order valence-corrected chi connectivity index (χ3v) is 5.77. The van der Waals surface area contributed by atoms with E-state index in [4.69, 9.17) is 4.42 Å². The van der Waals surface area contributed by atoms with Crippen molar-refractivity contribution in [3.05, 3.63) is 11.5 Å². The Hall–Kier alpha value is -1.73. The maximum atomic E-state index is 13.2. The molecular formula is C17H21F3N2O3. The topological polar surface area (TPSA) is 64.4 Å². The van der Waals surface area contributed by atoms with Crippen LogP contribution in [-0.4, -0.2) is 23.1 Å². The fourth-order valence-corrected chi connectivity index (χ4v) is 5.39. The Balaban J connectivity index is 1.62. The van der Waals surface area contributed by atoms with Crippen LogP contribution in [0.2, 0.25) is 0 Å². The number of oxazole rings is 1. The molecule has 25 heavy (non-hydrogen) atoms. The molecule has 0 aromatic carbocycles. The van der Waals surface area contributed by atoms with Crippen molar-refractivity contribution < 1.29 is 27.1 Å². The summed E-state index contributed by atoms with van der Waals surface area (Å²) in [7, 11) is 0. The van der Waals surface area contributed by atoms with Crippen LogP contribution in [0, 0.1) is 17.8 Å². The third kappa shape index (κ3) is 3.00. The van der Waals surface area contributed by atoms with Crippen molar-refractivity contribution in [2.45, 2.75) is 57.2 Å². The normalized spacial score (nSPS) is 33.5. The summed E-state index contributed by atoms with van der Waals surface area (Å²) in [5.74, 6) is -0.136. The maximum absolute atomic E-state index is 13.2. The van der Waals surface area contributed by atoms with Crippen LogP contribution in [0.3, 0.4) is 0 Å². The van der Waals surface area contributed by atoms with E-state index in [1.165, 1.54) is 26.2 Å². The third-order valence-electron chi connectivity index (χ3n) is 5.77. The van der Waals surface area contributed by atoms with Gasteiger partial charge in [0.25, 0.3) is 6.01 Å². The molecule has 1 N–H and O–H groups in total. The first-order chi connectivity index (χ1) is 11.8. The van der Waals surface area contributed by atoms with E-state index >= 15 is 0 Å². The molecule has 1 aromatic heterocycles. The summed E-state index contributed by atoms with van der Waals surface area (Å²) in [4.78, 5) is 15.4. The zero-order chi connectivity index (χ0) is 17.8. The minimum atomic E-state index is -4.77. The molecule has 138 valence electrons. The molecule has 4 aliphatic carbocycles. The van der Waals surface area contributed by atoms with Gasteiger partial charge >= 0.3 is 12.1 Å². The fraction of sp³-hybridized carbons (Fsp3) is 0.765. The van der Waals surface area contributed by atoms with Gasteiger partial charge in [-0.1, -0.05) is 0 Å². The quantitative estimate of drug-likeness (QED) is 0.815. The van der Waals surface area contributed by atoms with Crippen LogP contribution >= 0.6 is 0 Å². The molecular weight excluding hydrogens is 337 g/mol. The number of anilines is 1. The lowest BCUT2D eigenvalue weighted by Crippen LogP contribution is -2.54. The van der Waals surface area contributed by atoms with E-state index in [9.17, 15) is 18.0 Å². The standard InChI is InChI=1S/C17H21F3N2O3/c1-2-24-14(23)12-13(17(18,19)20)21-15(25-12)22-16-6-9-3-10(7-16)5-11(4-9)8-16/h9-11H,2-8H2,1H3,(H,21,22). The lowest BCUT2D eigenvalue weighted by Gasteiger charge is -2.56. The first-order valence-electron chi connectivity index (χ1n) is 8.81. The Bertz CT molecular complexity index is 648. The van der Waals surface area contributed by atoms with Crippen LogP contribution in [0.1, 0.15) is 61.7 Å². The molecule has 0 atom stereocenters. The van der Waals surface area contributed by atoms with Crippen LogP contribution in [0.15, 0.2) is 4.42 Å². The first-order valence-corrected chi connectivity index (χ1v) is 8.81. The van der Waals surface area contributed by atoms with Crippen LogP contribution in [0.4, 0.5) is 19.2 Å². The zero-order valence-corrected chi connectivity index (χ0v) is 14.0. The van der Waals surface area contributed by atoms with Crippen molar-refractivity contribution in [2.75, 3.05) is 11.9 Å². The number of carbonyl (C=O) groups is 1. The van der Waals surface area contributed by atoms with E-state index in [1.54, 1.807) is 0 Å². The summed E-state index contributed by atoms with van der Waals surface area (Å²) < 4.78 is 49.5. The Kier molecular flexibility index (Phi) is 3.77. The van der Waals surface area contributed by atoms with Crippen LogP contribution in [-0.2, 0) is 10.9 Å². The van der Waals surface area contributed by atoms with Gasteiger partial charge in [0.1, 0.15) is 0 Å². The molecule has 4 saturated carbocycles. The van der Waals surface area contributed by atoms with Gasteiger partial charge in [0, 0.05) is 5.54 Å². The number of aromatic nitrogens is 1. The Morgan fingerprint density at radius 1 is 1.24 bits per heavy atom. The molecule has 0 amide bonds. The second-order valence-corrected chi connectivity index (χ2v) is 7.74.